The van der Waals surface area contributed by atoms with Gasteiger partial charge in [0, 0.05) is 79.1 Å². The normalized spacial score (nSPS) is 8.79. The van der Waals surface area contributed by atoms with E-state index < -0.39 is 6.79 Å². The van der Waals surface area contributed by atoms with Crippen molar-refractivity contribution in [2.24, 2.45) is 0 Å². The standard InChI is InChI=1S/C5H12O2.CH4O2.CH4O.2Y/c1-2-5(7)3-4-6;2-1-3;1-2;;/h5-7H,2-4H2,1H3;2-3H,1H2;2H,1H3;;. The van der Waals surface area contributed by atoms with Gasteiger partial charge in [0.1, 0.15) is 6.79 Å². The number of aliphatic hydroxyl groups excluding tert-OH is 4. The molecule has 0 heterocycles. The third kappa shape index (κ3) is 48.3. The van der Waals surface area contributed by atoms with Crippen molar-refractivity contribution in [1.29, 1.82) is 0 Å². The largest absolute Gasteiger partial charge is 0.400 e. The van der Waals surface area contributed by atoms with E-state index in [0.29, 0.717) is 6.42 Å². The molecule has 2 radical (unpaired) electrons. The summed E-state index contributed by atoms with van der Waals surface area (Å²) in [4.78, 5) is 0. The van der Waals surface area contributed by atoms with Gasteiger partial charge >= 0.3 is 0 Å². The monoisotopic (exact) mass is 362 g/mol. The van der Waals surface area contributed by atoms with Gasteiger partial charge in [-0.1, -0.05) is 6.92 Å². The van der Waals surface area contributed by atoms with Crippen LogP contribution >= 0.6 is 0 Å². The van der Waals surface area contributed by atoms with Crippen molar-refractivity contribution in [3.8, 4) is 0 Å². The topological polar surface area (TPSA) is 101 Å². The molecule has 0 aliphatic rings. The second kappa shape index (κ2) is 36.3. The predicted molar refractivity (Wildman–Crippen MR) is 45.4 cm³/mol. The fourth-order valence-corrected chi connectivity index (χ4v) is 0.353. The van der Waals surface area contributed by atoms with Gasteiger partial charge in [-0.2, -0.15) is 0 Å². The summed E-state index contributed by atoms with van der Waals surface area (Å²) in [7, 11) is 1.00. The van der Waals surface area contributed by atoms with E-state index in [0.717, 1.165) is 13.5 Å². The molecule has 0 saturated carbocycles. The van der Waals surface area contributed by atoms with Crippen LogP contribution in [0.15, 0.2) is 0 Å². The molecule has 0 saturated heterocycles. The van der Waals surface area contributed by atoms with Crippen LogP contribution in [-0.4, -0.2) is 52.1 Å². The van der Waals surface area contributed by atoms with Gasteiger partial charge in [-0.15, -0.1) is 0 Å². The van der Waals surface area contributed by atoms with Crippen LogP contribution < -0.4 is 0 Å². The Balaban J connectivity index is -0.0000000337. The van der Waals surface area contributed by atoms with Crippen molar-refractivity contribution in [1.82, 2.24) is 0 Å². The zero-order valence-electron chi connectivity index (χ0n) is 8.80. The van der Waals surface area contributed by atoms with E-state index in [1.807, 2.05) is 6.92 Å². The minimum Gasteiger partial charge on any atom is -0.400 e. The van der Waals surface area contributed by atoms with E-state index in [2.05, 4.69) is 0 Å². The Bertz CT molecular complexity index is 59.3. The first-order chi connectivity index (χ1) is 5.72. The van der Waals surface area contributed by atoms with Gasteiger partial charge in [-0.3, -0.25) is 0 Å². The van der Waals surface area contributed by atoms with Crippen LogP contribution in [0.2, 0.25) is 0 Å². The van der Waals surface area contributed by atoms with Crippen molar-refractivity contribution < 1.29 is 91.0 Å². The Morgan fingerprint density at radius 1 is 1.00 bits per heavy atom. The SMILES string of the molecule is CCC(O)CCO.CO.OCO.[Y].[Y]. The zero-order valence-corrected chi connectivity index (χ0v) is 14.5. The summed E-state index contributed by atoms with van der Waals surface area (Å²) in [5, 5.41) is 38.2. The Morgan fingerprint density at radius 2 is 1.29 bits per heavy atom. The van der Waals surface area contributed by atoms with Crippen LogP contribution in [0, 0.1) is 0 Å². The summed E-state index contributed by atoms with van der Waals surface area (Å²) in [5.41, 5.74) is 0. The molecule has 0 aliphatic heterocycles. The van der Waals surface area contributed by atoms with Gasteiger partial charge in [-0.05, 0) is 12.8 Å². The van der Waals surface area contributed by atoms with Crippen LogP contribution in [0.4, 0.5) is 0 Å². The third-order valence-corrected chi connectivity index (χ3v) is 0.934. The molecule has 84 valence electrons. The molecule has 5 N–H and O–H groups in total. The quantitative estimate of drug-likeness (QED) is 0.401. The molecule has 0 aliphatic carbocycles. The van der Waals surface area contributed by atoms with Crippen molar-refractivity contribution in [2.75, 3.05) is 20.5 Å². The van der Waals surface area contributed by atoms with E-state index in [-0.39, 0.29) is 78.1 Å². The minimum atomic E-state index is -0.750. The Kier molecular flexibility index (Phi) is 77.1. The summed E-state index contributed by atoms with van der Waals surface area (Å²) < 4.78 is 0. The molecular weight excluding hydrogens is 342 g/mol. The molecular formula is C7H20O5Y2. The van der Waals surface area contributed by atoms with Gasteiger partial charge in [0.05, 0.1) is 6.10 Å². The molecule has 0 bridgehead atoms. The molecule has 0 rings (SSSR count). The van der Waals surface area contributed by atoms with Gasteiger partial charge in [0.15, 0.2) is 0 Å². The summed E-state index contributed by atoms with van der Waals surface area (Å²) in [6.07, 6.45) is 0.946. The minimum absolute atomic E-state index is 0. The maximum absolute atomic E-state index is 8.70. The number of hydrogen-bond donors (Lipinski definition) is 5. The molecule has 0 aromatic carbocycles. The third-order valence-electron chi connectivity index (χ3n) is 0.934. The van der Waals surface area contributed by atoms with Gasteiger partial charge in [-0.25, -0.2) is 0 Å². The van der Waals surface area contributed by atoms with Gasteiger partial charge < -0.3 is 25.5 Å². The molecule has 0 aromatic rings. The van der Waals surface area contributed by atoms with Crippen molar-refractivity contribution in [3.63, 3.8) is 0 Å². The average Bonchev–Trinajstić information content (AvgIpc) is 2.10. The van der Waals surface area contributed by atoms with Crippen LogP contribution in [0.3, 0.4) is 0 Å². The molecule has 7 heteroatoms. The van der Waals surface area contributed by atoms with Crippen LogP contribution in [-0.2, 0) is 65.4 Å². The van der Waals surface area contributed by atoms with E-state index in [1.54, 1.807) is 0 Å². The summed E-state index contributed by atoms with van der Waals surface area (Å²) in [6.45, 7) is 1.23. The van der Waals surface area contributed by atoms with Crippen LogP contribution in [0.25, 0.3) is 0 Å². The van der Waals surface area contributed by atoms with Crippen molar-refractivity contribution >= 4 is 0 Å². The van der Waals surface area contributed by atoms with Crippen molar-refractivity contribution in [3.05, 3.63) is 0 Å². The second-order valence-corrected chi connectivity index (χ2v) is 1.72. The summed E-state index contributed by atoms with van der Waals surface area (Å²) in [6, 6.07) is 0. The van der Waals surface area contributed by atoms with Crippen molar-refractivity contribution in [2.45, 2.75) is 25.9 Å². The van der Waals surface area contributed by atoms with E-state index in [1.165, 1.54) is 0 Å². The second-order valence-electron chi connectivity index (χ2n) is 1.72. The first-order valence-electron chi connectivity index (χ1n) is 3.68. The van der Waals surface area contributed by atoms with E-state index in [9.17, 15) is 0 Å². The fraction of sp³-hybridized carbons (Fsp3) is 1.00. The molecule has 0 fully saturated rings. The number of aliphatic hydroxyl groups is 5. The Morgan fingerprint density at radius 3 is 1.36 bits per heavy atom. The zero-order chi connectivity index (χ0) is 10.4. The van der Waals surface area contributed by atoms with Gasteiger partial charge in [0.2, 0.25) is 0 Å². The predicted octanol–water partition coefficient (Wildman–Crippen LogP) is -1.33. The number of rotatable bonds is 3. The van der Waals surface area contributed by atoms with Gasteiger partial charge in [0.25, 0.3) is 0 Å². The molecule has 14 heavy (non-hydrogen) atoms. The molecule has 1 atom stereocenters. The average molecular weight is 362 g/mol. The fourth-order valence-electron chi connectivity index (χ4n) is 0.353. The first-order valence-corrected chi connectivity index (χ1v) is 3.68. The van der Waals surface area contributed by atoms with E-state index in [4.69, 9.17) is 25.5 Å². The van der Waals surface area contributed by atoms with Crippen LogP contribution in [0.5, 0.6) is 0 Å². The summed E-state index contributed by atoms with van der Waals surface area (Å²) >= 11 is 0. The number of hydrogen-bond acceptors (Lipinski definition) is 5. The maximum atomic E-state index is 8.70. The smallest absolute Gasteiger partial charge is 0.140 e. The maximum Gasteiger partial charge on any atom is 0.140 e. The Hall–Kier alpha value is 2.01. The molecule has 0 amide bonds. The molecule has 5 nitrogen and oxygen atoms in total. The Labute approximate surface area is 136 Å². The first kappa shape index (κ1) is 29.8. The molecule has 0 spiro atoms. The summed E-state index contributed by atoms with van der Waals surface area (Å²) in [5.74, 6) is 0. The van der Waals surface area contributed by atoms with E-state index >= 15 is 0 Å². The van der Waals surface area contributed by atoms with Crippen LogP contribution in [0.1, 0.15) is 19.8 Å². The molecule has 1 unspecified atom stereocenters. The molecule has 0 aromatic heterocycles.